The average Bonchev–Trinajstić information content (AvgIpc) is 2.64. The second kappa shape index (κ2) is 5.37. The van der Waals surface area contributed by atoms with E-state index in [9.17, 15) is 9.59 Å². The van der Waals surface area contributed by atoms with Crippen molar-refractivity contribution in [1.29, 1.82) is 0 Å². The lowest BCUT2D eigenvalue weighted by Gasteiger charge is -2.12. The first-order valence-electron chi connectivity index (χ1n) is 5.71. The summed E-state index contributed by atoms with van der Waals surface area (Å²) in [6, 6.07) is 5.87. The van der Waals surface area contributed by atoms with E-state index in [2.05, 4.69) is 5.32 Å². The highest BCUT2D eigenvalue weighted by Crippen LogP contribution is 2.23. The standard InChI is InChI=1S/C12H14ClN3O2/c13-9-4-2-8(3-5-9)10-11(17)16(7-1-6-14)12(18)15-10/h2-5,10H,1,6-7,14H2,(H,15,18). The van der Waals surface area contributed by atoms with E-state index in [4.69, 9.17) is 17.3 Å². The first-order chi connectivity index (χ1) is 8.63. The molecule has 0 aliphatic carbocycles. The lowest BCUT2D eigenvalue weighted by Crippen LogP contribution is -2.32. The molecule has 0 radical (unpaired) electrons. The Balaban J connectivity index is 2.14. The number of nitrogens with two attached hydrogens (primary N) is 1. The van der Waals surface area contributed by atoms with Gasteiger partial charge in [-0.25, -0.2) is 4.79 Å². The van der Waals surface area contributed by atoms with Gasteiger partial charge < -0.3 is 11.1 Å². The van der Waals surface area contributed by atoms with Gasteiger partial charge in [-0.2, -0.15) is 0 Å². The Morgan fingerprint density at radius 1 is 1.28 bits per heavy atom. The van der Waals surface area contributed by atoms with Gasteiger partial charge in [-0.05, 0) is 30.7 Å². The van der Waals surface area contributed by atoms with Crippen LogP contribution in [0.2, 0.25) is 5.02 Å². The van der Waals surface area contributed by atoms with Crippen LogP contribution in [0.5, 0.6) is 0 Å². The zero-order chi connectivity index (χ0) is 13.1. The number of benzene rings is 1. The van der Waals surface area contributed by atoms with Gasteiger partial charge >= 0.3 is 6.03 Å². The van der Waals surface area contributed by atoms with Crippen LogP contribution in [-0.2, 0) is 4.79 Å². The highest BCUT2D eigenvalue weighted by molar-refractivity contribution is 6.30. The Morgan fingerprint density at radius 2 is 1.94 bits per heavy atom. The molecule has 1 unspecified atom stereocenters. The molecule has 1 saturated heterocycles. The Hall–Kier alpha value is -1.59. The van der Waals surface area contributed by atoms with E-state index in [1.807, 2.05) is 0 Å². The van der Waals surface area contributed by atoms with Crippen molar-refractivity contribution in [2.75, 3.05) is 13.1 Å². The van der Waals surface area contributed by atoms with Crippen LogP contribution in [0.15, 0.2) is 24.3 Å². The van der Waals surface area contributed by atoms with E-state index in [0.717, 1.165) is 5.56 Å². The summed E-state index contributed by atoms with van der Waals surface area (Å²) >= 11 is 5.78. The van der Waals surface area contributed by atoms with Crippen molar-refractivity contribution in [3.8, 4) is 0 Å². The van der Waals surface area contributed by atoms with Gasteiger partial charge in [0.2, 0.25) is 0 Å². The van der Waals surface area contributed by atoms with Crippen molar-refractivity contribution in [3.05, 3.63) is 34.9 Å². The minimum absolute atomic E-state index is 0.240. The fraction of sp³-hybridized carbons (Fsp3) is 0.333. The maximum Gasteiger partial charge on any atom is 0.325 e. The molecule has 1 aromatic carbocycles. The number of carbonyl (C=O) groups excluding carboxylic acids is 2. The predicted octanol–water partition coefficient (Wildman–Crippen LogP) is 1.28. The number of carbonyl (C=O) groups is 2. The number of nitrogens with one attached hydrogen (secondary N) is 1. The van der Waals surface area contributed by atoms with Crippen LogP contribution in [-0.4, -0.2) is 29.9 Å². The quantitative estimate of drug-likeness (QED) is 0.807. The molecule has 0 aromatic heterocycles. The van der Waals surface area contributed by atoms with Crippen LogP contribution < -0.4 is 11.1 Å². The molecule has 96 valence electrons. The maximum absolute atomic E-state index is 12.1. The Labute approximate surface area is 110 Å². The van der Waals surface area contributed by atoms with Crippen LogP contribution >= 0.6 is 11.6 Å². The first-order valence-corrected chi connectivity index (χ1v) is 6.08. The number of imide groups is 1. The minimum Gasteiger partial charge on any atom is -0.330 e. The van der Waals surface area contributed by atoms with Crippen LogP contribution in [0.1, 0.15) is 18.0 Å². The Morgan fingerprint density at radius 3 is 2.56 bits per heavy atom. The first kappa shape index (κ1) is 12.9. The zero-order valence-electron chi connectivity index (χ0n) is 9.73. The Bertz CT molecular complexity index is 461. The molecule has 3 N–H and O–H groups in total. The molecule has 1 aliphatic heterocycles. The second-order valence-electron chi connectivity index (χ2n) is 4.07. The number of rotatable bonds is 4. The fourth-order valence-corrected chi connectivity index (χ4v) is 1.99. The molecule has 5 nitrogen and oxygen atoms in total. The molecule has 1 heterocycles. The molecule has 1 atom stereocenters. The highest BCUT2D eigenvalue weighted by Gasteiger charge is 2.38. The van der Waals surface area contributed by atoms with Crippen molar-refractivity contribution >= 4 is 23.5 Å². The van der Waals surface area contributed by atoms with E-state index in [-0.39, 0.29) is 11.9 Å². The summed E-state index contributed by atoms with van der Waals surface area (Å²) in [4.78, 5) is 24.9. The van der Waals surface area contributed by atoms with Gasteiger partial charge in [-0.1, -0.05) is 23.7 Å². The number of urea groups is 1. The lowest BCUT2D eigenvalue weighted by atomic mass is 10.1. The Kier molecular flexibility index (Phi) is 3.84. The summed E-state index contributed by atoms with van der Waals surface area (Å²) in [5, 5.41) is 3.24. The van der Waals surface area contributed by atoms with Gasteiger partial charge in [0.25, 0.3) is 5.91 Å². The van der Waals surface area contributed by atoms with E-state index in [1.165, 1.54) is 4.90 Å². The normalized spacial score (nSPS) is 19.2. The van der Waals surface area contributed by atoms with Gasteiger partial charge in [0.1, 0.15) is 6.04 Å². The van der Waals surface area contributed by atoms with Crippen LogP contribution in [0.4, 0.5) is 4.79 Å². The molecular formula is C12H14ClN3O2. The van der Waals surface area contributed by atoms with Crippen LogP contribution in [0, 0.1) is 0 Å². The zero-order valence-corrected chi connectivity index (χ0v) is 10.5. The molecule has 2 rings (SSSR count). The van der Waals surface area contributed by atoms with Crippen LogP contribution in [0.3, 0.4) is 0 Å². The smallest absolute Gasteiger partial charge is 0.325 e. The fourth-order valence-electron chi connectivity index (χ4n) is 1.86. The number of nitrogens with zero attached hydrogens (tertiary/aromatic N) is 1. The predicted molar refractivity (Wildman–Crippen MR) is 68.1 cm³/mol. The number of halogens is 1. The topological polar surface area (TPSA) is 75.4 Å². The molecule has 6 heteroatoms. The van der Waals surface area contributed by atoms with Crippen molar-refractivity contribution in [2.24, 2.45) is 5.73 Å². The molecule has 0 saturated carbocycles. The van der Waals surface area contributed by atoms with E-state index in [0.29, 0.717) is 24.5 Å². The summed E-state index contributed by atoms with van der Waals surface area (Å²) in [7, 11) is 0. The monoisotopic (exact) mass is 267 g/mol. The molecule has 18 heavy (non-hydrogen) atoms. The number of hydrogen-bond acceptors (Lipinski definition) is 3. The van der Waals surface area contributed by atoms with Crippen molar-refractivity contribution in [3.63, 3.8) is 0 Å². The van der Waals surface area contributed by atoms with Crippen LogP contribution in [0.25, 0.3) is 0 Å². The molecule has 1 fully saturated rings. The molecule has 1 aromatic rings. The second-order valence-corrected chi connectivity index (χ2v) is 4.50. The largest absolute Gasteiger partial charge is 0.330 e. The third-order valence-corrected chi connectivity index (χ3v) is 3.07. The van der Waals surface area contributed by atoms with Gasteiger partial charge in [0, 0.05) is 11.6 Å². The summed E-state index contributed by atoms with van der Waals surface area (Å²) in [5.74, 6) is -0.240. The number of amides is 3. The summed E-state index contributed by atoms with van der Waals surface area (Å²) in [5.41, 5.74) is 6.11. The van der Waals surface area contributed by atoms with Gasteiger partial charge in [0.15, 0.2) is 0 Å². The van der Waals surface area contributed by atoms with Crippen molar-refractivity contribution in [1.82, 2.24) is 10.2 Å². The van der Waals surface area contributed by atoms with Crippen molar-refractivity contribution in [2.45, 2.75) is 12.5 Å². The van der Waals surface area contributed by atoms with E-state index in [1.54, 1.807) is 24.3 Å². The SMILES string of the molecule is NCCCN1C(=O)NC(c2ccc(Cl)cc2)C1=O. The van der Waals surface area contributed by atoms with Crippen molar-refractivity contribution < 1.29 is 9.59 Å². The minimum atomic E-state index is -0.618. The van der Waals surface area contributed by atoms with E-state index >= 15 is 0 Å². The maximum atomic E-state index is 12.1. The molecule has 0 bridgehead atoms. The van der Waals surface area contributed by atoms with Gasteiger partial charge in [0.05, 0.1) is 0 Å². The molecular weight excluding hydrogens is 254 g/mol. The highest BCUT2D eigenvalue weighted by atomic mass is 35.5. The third-order valence-electron chi connectivity index (χ3n) is 2.82. The molecule has 0 spiro atoms. The van der Waals surface area contributed by atoms with Gasteiger partial charge in [-0.3, -0.25) is 9.69 Å². The van der Waals surface area contributed by atoms with Gasteiger partial charge in [-0.15, -0.1) is 0 Å². The molecule has 1 aliphatic rings. The summed E-state index contributed by atoms with van der Waals surface area (Å²) < 4.78 is 0. The molecule has 3 amide bonds. The summed E-state index contributed by atoms with van der Waals surface area (Å²) in [6.45, 7) is 0.800. The van der Waals surface area contributed by atoms with E-state index < -0.39 is 6.04 Å². The lowest BCUT2D eigenvalue weighted by molar-refractivity contribution is -0.127. The average molecular weight is 268 g/mol. The number of hydrogen-bond donors (Lipinski definition) is 2. The third kappa shape index (κ3) is 2.47. The summed E-state index contributed by atoms with van der Waals surface area (Å²) in [6.07, 6.45) is 0.604.